The fourth-order valence-electron chi connectivity index (χ4n) is 1.79. The molecule has 1 aromatic carbocycles. The molecular weight excluding hydrogens is 252 g/mol. The van der Waals surface area contributed by atoms with Crippen LogP contribution < -0.4 is 14.8 Å². The molecule has 0 saturated heterocycles. The van der Waals surface area contributed by atoms with E-state index in [4.69, 9.17) is 9.47 Å². The van der Waals surface area contributed by atoms with Crippen LogP contribution in [-0.2, 0) is 0 Å². The SMILES string of the molecule is CCOc1cccc(NCCOc2cccc(C)c2)n1. The van der Waals surface area contributed by atoms with Crippen molar-refractivity contribution < 1.29 is 9.47 Å². The second-order valence-electron chi connectivity index (χ2n) is 4.39. The third-order valence-electron chi connectivity index (χ3n) is 2.68. The van der Waals surface area contributed by atoms with Crippen LogP contribution in [0.2, 0.25) is 0 Å². The molecule has 1 aromatic heterocycles. The lowest BCUT2D eigenvalue weighted by molar-refractivity contribution is 0.326. The number of nitrogens with one attached hydrogen (secondary N) is 1. The molecule has 0 spiro atoms. The maximum absolute atomic E-state index is 5.66. The standard InChI is InChI=1S/C16H20N2O2/c1-3-19-16-9-5-8-15(18-16)17-10-11-20-14-7-4-6-13(2)12-14/h4-9,12H,3,10-11H2,1-2H3,(H,17,18). The van der Waals surface area contributed by atoms with E-state index in [9.17, 15) is 0 Å². The van der Waals surface area contributed by atoms with E-state index in [-0.39, 0.29) is 0 Å². The predicted octanol–water partition coefficient (Wildman–Crippen LogP) is 3.28. The Kier molecular flexibility index (Phi) is 5.24. The Hall–Kier alpha value is -2.23. The van der Waals surface area contributed by atoms with Gasteiger partial charge in [-0.1, -0.05) is 18.2 Å². The number of nitrogens with zero attached hydrogens (tertiary/aromatic N) is 1. The van der Waals surface area contributed by atoms with Crippen LogP contribution in [0.5, 0.6) is 11.6 Å². The number of aromatic nitrogens is 1. The summed E-state index contributed by atoms with van der Waals surface area (Å²) >= 11 is 0. The van der Waals surface area contributed by atoms with Crippen molar-refractivity contribution in [3.8, 4) is 11.6 Å². The Morgan fingerprint density at radius 1 is 1.10 bits per heavy atom. The third kappa shape index (κ3) is 4.46. The van der Waals surface area contributed by atoms with E-state index in [1.54, 1.807) is 0 Å². The summed E-state index contributed by atoms with van der Waals surface area (Å²) in [7, 11) is 0. The second-order valence-corrected chi connectivity index (χ2v) is 4.39. The molecule has 4 heteroatoms. The molecule has 0 fully saturated rings. The van der Waals surface area contributed by atoms with Gasteiger partial charge >= 0.3 is 0 Å². The van der Waals surface area contributed by atoms with Gasteiger partial charge in [0, 0.05) is 6.07 Å². The van der Waals surface area contributed by atoms with Gasteiger partial charge in [0.1, 0.15) is 18.2 Å². The molecule has 0 aliphatic carbocycles. The maximum Gasteiger partial charge on any atom is 0.215 e. The van der Waals surface area contributed by atoms with Crippen LogP contribution in [0.25, 0.3) is 0 Å². The van der Waals surface area contributed by atoms with E-state index in [1.807, 2.05) is 56.3 Å². The lowest BCUT2D eigenvalue weighted by Gasteiger charge is -2.09. The van der Waals surface area contributed by atoms with Crippen LogP contribution in [0.3, 0.4) is 0 Å². The first-order valence-corrected chi connectivity index (χ1v) is 6.81. The molecule has 0 saturated carbocycles. The first kappa shape index (κ1) is 14.2. The molecule has 2 aromatic rings. The van der Waals surface area contributed by atoms with Gasteiger partial charge in [-0.2, -0.15) is 4.98 Å². The largest absolute Gasteiger partial charge is 0.492 e. The molecule has 20 heavy (non-hydrogen) atoms. The number of anilines is 1. The second kappa shape index (κ2) is 7.38. The smallest absolute Gasteiger partial charge is 0.215 e. The molecule has 0 bridgehead atoms. The maximum atomic E-state index is 5.66. The summed E-state index contributed by atoms with van der Waals surface area (Å²) in [5.41, 5.74) is 1.20. The molecule has 0 aliphatic rings. The van der Waals surface area contributed by atoms with Crippen LogP contribution in [-0.4, -0.2) is 24.7 Å². The summed E-state index contributed by atoms with van der Waals surface area (Å²) in [5.74, 6) is 2.32. The van der Waals surface area contributed by atoms with Crippen LogP contribution in [0.4, 0.5) is 5.82 Å². The van der Waals surface area contributed by atoms with E-state index in [1.165, 1.54) is 5.56 Å². The van der Waals surface area contributed by atoms with Crippen LogP contribution in [0, 0.1) is 6.92 Å². The van der Waals surface area contributed by atoms with Crippen molar-refractivity contribution in [2.45, 2.75) is 13.8 Å². The topological polar surface area (TPSA) is 43.4 Å². The summed E-state index contributed by atoms with van der Waals surface area (Å²) in [5, 5.41) is 3.21. The van der Waals surface area contributed by atoms with Gasteiger partial charge in [-0.15, -0.1) is 0 Å². The minimum atomic E-state index is 0.587. The summed E-state index contributed by atoms with van der Waals surface area (Å²) < 4.78 is 11.0. The number of rotatable bonds is 7. The zero-order valence-corrected chi connectivity index (χ0v) is 11.9. The first-order valence-electron chi connectivity index (χ1n) is 6.81. The van der Waals surface area contributed by atoms with Crippen LogP contribution in [0.15, 0.2) is 42.5 Å². The van der Waals surface area contributed by atoms with Gasteiger partial charge in [0.05, 0.1) is 13.2 Å². The lowest BCUT2D eigenvalue weighted by Crippen LogP contribution is -2.12. The van der Waals surface area contributed by atoms with E-state index in [0.717, 1.165) is 11.6 Å². The zero-order chi connectivity index (χ0) is 14.2. The summed E-state index contributed by atoms with van der Waals surface area (Å²) in [4.78, 5) is 4.33. The Morgan fingerprint density at radius 2 is 1.95 bits per heavy atom. The number of benzene rings is 1. The fourth-order valence-corrected chi connectivity index (χ4v) is 1.79. The molecule has 4 nitrogen and oxygen atoms in total. The van der Waals surface area contributed by atoms with Crippen molar-refractivity contribution in [1.29, 1.82) is 0 Å². The highest BCUT2D eigenvalue weighted by atomic mass is 16.5. The van der Waals surface area contributed by atoms with Crippen molar-refractivity contribution in [1.82, 2.24) is 4.98 Å². The normalized spacial score (nSPS) is 10.1. The number of pyridine rings is 1. The van der Waals surface area contributed by atoms with Crippen molar-refractivity contribution >= 4 is 5.82 Å². The number of ether oxygens (including phenoxy) is 2. The minimum Gasteiger partial charge on any atom is -0.492 e. The van der Waals surface area contributed by atoms with Gasteiger partial charge in [-0.25, -0.2) is 0 Å². The monoisotopic (exact) mass is 272 g/mol. The molecule has 0 aliphatic heterocycles. The minimum absolute atomic E-state index is 0.587. The molecule has 0 unspecified atom stereocenters. The van der Waals surface area contributed by atoms with Crippen molar-refractivity contribution in [3.05, 3.63) is 48.0 Å². The highest BCUT2D eigenvalue weighted by Gasteiger charge is 1.98. The Labute approximate surface area is 119 Å². The summed E-state index contributed by atoms with van der Waals surface area (Å²) in [6.45, 7) is 5.89. The summed E-state index contributed by atoms with van der Waals surface area (Å²) in [6.07, 6.45) is 0. The van der Waals surface area contributed by atoms with Crippen molar-refractivity contribution in [2.24, 2.45) is 0 Å². The Morgan fingerprint density at radius 3 is 2.75 bits per heavy atom. The Bertz CT molecular complexity index is 544. The molecule has 1 heterocycles. The van der Waals surface area contributed by atoms with Crippen LogP contribution in [0.1, 0.15) is 12.5 Å². The van der Waals surface area contributed by atoms with Gasteiger partial charge < -0.3 is 14.8 Å². The highest BCUT2D eigenvalue weighted by Crippen LogP contribution is 2.13. The lowest BCUT2D eigenvalue weighted by atomic mass is 10.2. The van der Waals surface area contributed by atoms with E-state index in [0.29, 0.717) is 25.6 Å². The average Bonchev–Trinajstić information content (AvgIpc) is 2.45. The molecule has 0 radical (unpaired) electrons. The summed E-state index contributed by atoms with van der Waals surface area (Å²) in [6, 6.07) is 13.7. The fraction of sp³-hybridized carbons (Fsp3) is 0.312. The van der Waals surface area contributed by atoms with Crippen LogP contribution >= 0.6 is 0 Å². The van der Waals surface area contributed by atoms with Gasteiger partial charge in [-0.05, 0) is 37.6 Å². The molecule has 106 valence electrons. The number of hydrogen-bond acceptors (Lipinski definition) is 4. The molecule has 0 atom stereocenters. The van der Waals surface area contributed by atoms with Crippen molar-refractivity contribution in [2.75, 3.05) is 25.1 Å². The van der Waals surface area contributed by atoms with E-state index >= 15 is 0 Å². The Balaban J connectivity index is 1.77. The average molecular weight is 272 g/mol. The zero-order valence-electron chi connectivity index (χ0n) is 11.9. The predicted molar refractivity (Wildman–Crippen MR) is 80.6 cm³/mol. The van der Waals surface area contributed by atoms with Gasteiger partial charge in [0.25, 0.3) is 0 Å². The number of aryl methyl sites for hydroxylation is 1. The molecule has 0 amide bonds. The molecule has 1 N–H and O–H groups in total. The first-order chi connectivity index (χ1) is 9.78. The third-order valence-corrected chi connectivity index (χ3v) is 2.68. The van der Waals surface area contributed by atoms with Crippen molar-refractivity contribution in [3.63, 3.8) is 0 Å². The molecular formula is C16H20N2O2. The van der Waals surface area contributed by atoms with Gasteiger partial charge in [0.2, 0.25) is 5.88 Å². The molecule has 2 rings (SSSR count). The highest BCUT2D eigenvalue weighted by molar-refractivity contribution is 5.37. The van der Waals surface area contributed by atoms with Gasteiger partial charge in [0.15, 0.2) is 0 Å². The van der Waals surface area contributed by atoms with E-state index in [2.05, 4.69) is 10.3 Å². The van der Waals surface area contributed by atoms with Gasteiger partial charge in [-0.3, -0.25) is 0 Å². The quantitative estimate of drug-likeness (QED) is 0.786. The van der Waals surface area contributed by atoms with E-state index < -0.39 is 0 Å². The number of hydrogen-bond donors (Lipinski definition) is 1.